The van der Waals surface area contributed by atoms with Gasteiger partial charge >= 0.3 is 12.1 Å². The van der Waals surface area contributed by atoms with Crippen LogP contribution < -0.4 is 4.90 Å². The lowest BCUT2D eigenvalue weighted by Crippen LogP contribution is -2.45. The van der Waals surface area contributed by atoms with Crippen molar-refractivity contribution in [1.29, 1.82) is 0 Å². The zero-order valence-electron chi connectivity index (χ0n) is 13.5. The third kappa shape index (κ3) is 3.96. The van der Waals surface area contributed by atoms with E-state index in [1.54, 1.807) is 4.90 Å². The van der Waals surface area contributed by atoms with Gasteiger partial charge in [-0.15, -0.1) is 0 Å². The van der Waals surface area contributed by atoms with Crippen LogP contribution in [0.3, 0.4) is 0 Å². The molecule has 0 bridgehead atoms. The van der Waals surface area contributed by atoms with E-state index in [2.05, 4.69) is 4.74 Å². The molecular formula is C16H21F3N2O2. The van der Waals surface area contributed by atoms with Crippen LogP contribution in [0.25, 0.3) is 0 Å². The molecule has 0 aromatic heterocycles. The van der Waals surface area contributed by atoms with Gasteiger partial charge < -0.3 is 14.5 Å². The third-order valence-corrected chi connectivity index (χ3v) is 4.19. The zero-order valence-corrected chi connectivity index (χ0v) is 13.5. The fraction of sp³-hybridized carbons (Fsp3) is 0.562. The molecule has 1 aliphatic rings. The van der Waals surface area contributed by atoms with Gasteiger partial charge in [0.25, 0.3) is 0 Å². The summed E-state index contributed by atoms with van der Waals surface area (Å²) >= 11 is 0. The fourth-order valence-electron chi connectivity index (χ4n) is 2.88. The summed E-state index contributed by atoms with van der Waals surface area (Å²) in [4.78, 5) is 15.3. The Bertz CT molecular complexity index is 573. The Labute approximate surface area is 133 Å². The van der Waals surface area contributed by atoms with Gasteiger partial charge in [0.1, 0.15) is 0 Å². The quantitative estimate of drug-likeness (QED) is 0.798. The molecule has 0 radical (unpaired) electrons. The number of hydrogen-bond acceptors (Lipinski definition) is 4. The minimum absolute atomic E-state index is 0.0928. The molecule has 0 unspecified atom stereocenters. The lowest BCUT2D eigenvalue weighted by atomic mass is 10.0. The van der Waals surface area contributed by atoms with Crippen molar-refractivity contribution >= 4 is 11.7 Å². The standard InChI is InChI=1S/C16H21F3N2O2/c1-20(2)12-5-4-8-21(10-12)14-7-6-11(15(22)23-3)9-13(14)16(17,18)19/h6-7,9,12H,4-5,8,10H2,1-3H3/t12-/m0/s1. The highest BCUT2D eigenvalue weighted by Gasteiger charge is 2.36. The van der Waals surface area contributed by atoms with Gasteiger partial charge in [-0.3, -0.25) is 0 Å². The van der Waals surface area contributed by atoms with Gasteiger partial charge in [0, 0.05) is 24.8 Å². The molecule has 1 atom stereocenters. The van der Waals surface area contributed by atoms with Crippen LogP contribution in [-0.4, -0.2) is 51.2 Å². The van der Waals surface area contributed by atoms with Gasteiger partial charge in [-0.1, -0.05) is 0 Å². The lowest BCUT2D eigenvalue weighted by molar-refractivity contribution is -0.137. The van der Waals surface area contributed by atoms with E-state index >= 15 is 0 Å². The number of nitrogens with zero attached hydrogens (tertiary/aromatic N) is 2. The first-order valence-corrected chi connectivity index (χ1v) is 7.45. The first kappa shape index (κ1) is 17.6. The van der Waals surface area contributed by atoms with Crippen LogP contribution >= 0.6 is 0 Å². The van der Waals surface area contributed by atoms with Gasteiger partial charge in [-0.2, -0.15) is 13.2 Å². The highest BCUT2D eigenvalue weighted by atomic mass is 19.4. The molecule has 1 aliphatic heterocycles. The van der Waals surface area contributed by atoms with Gasteiger partial charge in [-0.05, 0) is 45.1 Å². The normalized spacial score (nSPS) is 19.1. The number of piperidine rings is 1. The summed E-state index contributed by atoms with van der Waals surface area (Å²) in [7, 11) is 5.01. The van der Waals surface area contributed by atoms with Crippen molar-refractivity contribution in [1.82, 2.24) is 4.90 Å². The Balaban J connectivity index is 2.39. The van der Waals surface area contributed by atoms with Crippen molar-refractivity contribution in [2.75, 3.05) is 39.2 Å². The van der Waals surface area contributed by atoms with Crippen molar-refractivity contribution in [2.45, 2.75) is 25.1 Å². The highest BCUT2D eigenvalue weighted by Crippen LogP contribution is 2.38. The second kappa shape index (κ2) is 6.78. The summed E-state index contributed by atoms with van der Waals surface area (Å²) in [5, 5.41) is 0. The van der Waals surface area contributed by atoms with Gasteiger partial charge in [-0.25, -0.2) is 4.79 Å². The summed E-state index contributed by atoms with van der Waals surface area (Å²) < 4.78 is 44.8. The van der Waals surface area contributed by atoms with E-state index in [1.165, 1.54) is 12.1 Å². The average molecular weight is 330 g/mol. The lowest BCUT2D eigenvalue weighted by Gasteiger charge is -2.38. The first-order chi connectivity index (χ1) is 10.7. The van der Waals surface area contributed by atoms with Crippen LogP contribution in [0.15, 0.2) is 18.2 Å². The SMILES string of the molecule is COC(=O)c1ccc(N2CCC[C@H](N(C)C)C2)c(C(F)(F)F)c1. The number of esters is 1. The van der Waals surface area contributed by atoms with E-state index in [9.17, 15) is 18.0 Å². The Morgan fingerprint density at radius 2 is 2.04 bits per heavy atom. The van der Waals surface area contributed by atoms with Crippen LogP contribution in [0.1, 0.15) is 28.8 Å². The minimum atomic E-state index is -4.52. The Hall–Kier alpha value is -1.76. The zero-order chi connectivity index (χ0) is 17.2. The number of alkyl halides is 3. The molecule has 4 nitrogen and oxygen atoms in total. The molecule has 0 amide bonds. The molecule has 1 aromatic carbocycles. The van der Waals surface area contributed by atoms with Crippen molar-refractivity contribution in [3.63, 3.8) is 0 Å². The average Bonchev–Trinajstić information content (AvgIpc) is 2.52. The molecule has 0 saturated carbocycles. The molecule has 1 aromatic rings. The number of likely N-dealkylation sites (N-methyl/N-ethyl adjacent to an activating group) is 1. The molecule has 0 N–H and O–H groups in total. The Kier molecular flexibility index (Phi) is 5.19. The largest absolute Gasteiger partial charge is 0.465 e. The topological polar surface area (TPSA) is 32.8 Å². The van der Waals surface area contributed by atoms with E-state index in [0.29, 0.717) is 13.1 Å². The number of hydrogen-bond donors (Lipinski definition) is 0. The van der Waals surface area contributed by atoms with Crippen LogP contribution in [0.2, 0.25) is 0 Å². The van der Waals surface area contributed by atoms with Gasteiger partial charge in [0.2, 0.25) is 0 Å². The maximum atomic E-state index is 13.4. The molecule has 128 valence electrons. The summed E-state index contributed by atoms with van der Waals surface area (Å²) in [6.07, 6.45) is -2.73. The minimum Gasteiger partial charge on any atom is -0.465 e. The number of ether oxygens (including phenoxy) is 1. The second-order valence-electron chi connectivity index (χ2n) is 5.93. The highest BCUT2D eigenvalue weighted by molar-refractivity contribution is 5.90. The van der Waals surface area contributed by atoms with Crippen molar-refractivity contribution in [2.24, 2.45) is 0 Å². The maximum Gasteiger partial charge on any atom is 0.418 e. The third-order valence-electron chi connectivity index (χ3n) is 4.19. The monoisotopic (exact) mass is 330 g/mol. The molecule has 1 saturated heterocycles. The number of rotatable bonds is 3. The van der Waals surface area contributed by atoms with E-state index < -0.39 is 17.7 Å². The molecule has 1 heterocycles. The molecule has 0 aliphatic carbocycles. The van der Waals surface area contributed by atoms with E-state index in [4.69, 9.17) is 0 Å². The molecule has 1 fully saturated rings. The number of anilines is 1. The van der Waals surface area contributed by atoms with Crippen molar-refractivity contribution in [3.8, 4) is 0 Å². The summed E-state index contributed by atoms with van der Waals surface area (Å²) in [6.45, 7) is 1.11. The Morgan fingerprint density at radius 3 is 2.61 bits per heavy atom. The van der Waals surface area contributed by atoms with E-state index in [-0.39, 0.29) is 17.3 Å². The van der Waals surface area contributed by atoms with Gasteiger partial charge in [0.05, 0.1) is 18.2 Å². The number of halogens is 3. The summed E-state index contributed by atoms with van der Waals surface area (Å²) in [6, 6.07) is 3.84. The Morgan fingerprint density at radius 1 is 1.35 bits per heavy atom. The predicted molar refractivity (Wildman–Crippen MR) is 81.7 cm³/mol. The van der Waals surface area contributed by atoms with Crippen molar-refractivity contribution in [3.05, 3.63) is 29.3 Å². The van der Waals surface area contributed by atoms with E-state index in [0.717, 1.165) is 26.0 Å². The summed E-state index contributed by atoms with van der Waals surface area (Å²) in [5.74, 6) is -0.771. The van der Waals surface area contributed by atoms with Crippen LogP contribution in [-0.2, 0) is 10.9 Å². The first-order valence-electron chi connectivity index (χ1n) is 7.45. The van der Waals surface area contributed by atoms with Crippen LogP contribution in [0, 0.1) is 0 Å². The number of methoxy groups -OCH3 is 1. The molecule has 0 spiro atoms. The number of benzene rings is 1. The van der Waals surface area contributed by atoms with Crippen molar-refractivity contribution < 1.29 is 22.7 Å². The molecule has 23 heavy (non-hydrogen) atoms. The molecule has 2 rings (SSSR count). The second-order valence-corrected chi connectivity index (χ2v) is 5.93. The number of carbonyl (C=O) groups excluding carboxylic acids is 1. The van der Waals surface area contributed by atoms with Gasteiger partial charge in [0.15, 0.2) is 0 Å². The smallest absolute Gasteiger partial charge is 0.418 e. The molecule has 7 heteroatoms. The fourth-order valence-corrected chi connectivity index (χ4v) is 2.88. The summed E-state index contributed by atoms with van der Waals surface area (Å²) in [5.41, 5.74) is -0.763. The van der Waals surface area contributed by atoms with E-state index in [1.807, 2.05) is 19.0 Å². The van der Waals surface area contributed by atoms with Crippen LogP contribution in [0.4, 0.5) is 18.9 Å². The van der Waals surface area contributed by atoms with Crippen LogP contribution in [0.5, 0.6) is 0 Å². The number of carbonyl (C=O) groups is 1. The maximum absolute atomic E-state index is 13.4. The molecular weight excluding hydrogens is 309 g/mol. The predicted octanol–water partition coefficient (Wildman–Crippen LogP) is 3.02.